The summed E-state index contributed by atoms with van der Waals surface area (Å²) in [6.07, 6.45) is 1.79. The first kappa shape index (κ1) is 98.2. The van der Waals surface area contributed by atoms with Gasteiger partial charge in [-0.3, -0.25) is 19.1 Å². The average molecular weight is 1970 g/mol. The Kier molecular flexibility index (Phi) is 40.1. The molecule has 22 nitrogen and oxygen atoms in total. The third-order valence-electron chi connectivity index (χ3n) is 17.8. The summed E-state index contributed by atoms with van der Waals surface area (Å²) in [6, 6.07) is 59.2. The number of primary sulfonamides is 1. The molecule has 0 aromatic heterocycles. The number of carbonyl (C=O) groups is 3. The number of amides is 1. The first-order valence-corrected chi connectivity index (χ1v) is 55.3. The number of carbonyl (C=O) groups excluding carboxylic acids is 3. The summed E-state index contributed by atoms with van der Waals surface area (Å²) < 4.78 is 146. The number of methoxy groups -OCH3 is 2. The molecule has 0 aliphatic carbocycles. The summed E-state index contributed by atoms with van der Waals surface area (Å²) in [4.78, 5) is 35.4. The van der Waals surface area contributed by atoms with Crippen molar-refractivity contribution in [3.8, 4) is 34.1 Å². The van der Waals surface area contributed by atoms with Crippen molar-refractivity contribution in [3.05, 3.63) is 245 Å². The number of ether oxygens (including phenoxy) is 8. The van der Waals surface area contributed by atoms with Gasteiger partial charge in [0, 0.05) is 78.5 Å². The minimum atomic E-state index is -3.85. The lowest BCUT2D eigenvalue weighted by molar-refractivity contribution is -0.141. The van der Waals surface area contributed by atoms with Crippen LogP contribution in [0.3, 0.4) is 0 Å². The molecule has 116 heavy (non-hydrogen) atoms. The van der Waals surface area contributed by atoms with E-state index in [1.165, 1.54) is 41.5 Å². The number of hydrogen-bond donors (Lipinski definition) is 2. The maximum atomic E-state index is 13.7. The van der Waals surface area contributed by atoms with Crippen LogP contribution in [0.5, 0.6) is 23.0 Å². The van der Waals surface area contributed by atoms with Gasteiger partial charge in [0.05, 0.1) is 56.7 Å². The summed E-state index contributed by atoms with van der Waals surface area (Å²) in [7, 11) is -14.1. The van der Waals surface area contributed by atoms with E-state index in [1.54, 1.807) is 60.7 Å². The molecule has 0 bridgehead atoms. The average Bonchev–Trinajstić information content (AvgIpc) is 0.811. The lowest BCUT2D eigenvalue weighted by atomic mass is 9.94. The monoisotopic (exact) mass is 1960 g/mol. The predicted molar refractivity (Wildman–Crippen MR) is 478 cm³/mol. The van der Waals surface area contributed by atoms with E-state index in [-0.39, 0.29) is 61.7 Å². The van der Waals surface area contributed by atoms with Gasteiger partial charge < -0.3 is 37.9 Å². The summed E-state index contributed by atoms with van der Waals surface area (Å²) in [5, 5.41) is 5.97. The quantitative estimate of drug-likeness (QED) is 0.0119. The molecule has 0 saturated carbocycles. The molecule has 3 N–H and O–H groups in total. The highest BCUT2D eigenvalue weighted by Crippen LogP contribution is 2.34. The highest BCUT2D eigenvalue weighted by molar-refractivity contribution is 9.11. The SMILES string of the molecule is COC(=O)CC(CS(=O)(=O)N(COCC[Si](C)(C)C)COCC[Si](C)(C)C)c1ccc(OCc2cccc(Br)c2)cc1.COC(=O)CC(CS(N)(=O)=O)c1ccc(OCc2cccc(Br)c2)cc1.Cc1cc(OCCCS(C)(=O)=O)cc(C)c1-c1cccc(CBr)c1.O=C1CC(c2ccc(OCc3cccc(Br)c3)cc2)CS(=O)(=O)N1. The fourth-order valence-corrected chi connectivity index (χ4v) is 19.3. The van der Waals surface area contributed by atoms with E-state index in [2.05, 4.69) is 146 Å². The van der Waals surface area contributed by atoms with E-state index in [0.29, 0.717) is 74.4 Å². The fourth-order valence-electron chi connectivity index (χ4n) is 11.7. The van der Waals surface area contributed by atoms with E-state index < -0.39 is 85.7 Å². The van der Waals surface area contributed by atoms with Gasteiger partial charge in [-0.15, -0.1) is 0 Å². The standard InChI is InChI=1S/C30H48BrNO7SSi2.C19H23BrO3S.C18H20BrNO5S.C17H16BrNO4S/c1-36-30(33)20-27(26-11-13-29(14-12-26)39-21-25-9-8-10-28(31)19-25)22-40(34,35)32(23-37-15-17-41(2,3)4)24-38-16-18-42(5,6)7;1-14-10-18(23-8-5-9-24(3,21)22)11-15(2)19(14)17-7-4-6-16(12-17)13-20;1-24-18(21)10-15(12-26(20,22)23)14-5-7-17(8-6-14)25-11-13-3-2-4-16(19)9-13;18-15-3-1-2-12(8-15)10-23-16-6-4-13(5-7-16)14-9-17(20)19-24(21,22)11-14/h8-14,19,27H,15-18,20-24H2,1-7H3;4,6-7,10-12H,5,8-9,13H2,1-3H3;2-9,15H,10-12H2,1H3,(H2,20,22,23);1-8,14H,9-11H2,(H,19,20). The maximum Gasteiger partial charge on any atom is 0.306 e. The Morgan fingerprint density at radius 2 is 0.966 bits per heavy atom. The first-order valence-electron chi connectivity index (χ1n) is 37.4. The van der Waals surface area contributed by atoms with E-state index in [9.17, 15) is 48.1 Å². The van der Waals surface area contributed by atoms with Gasteiger partial charge in [0.1, 0.15) is 66.1 Å². The minimum absolute atomic E-state index is 0.0643. The lowest BCUT2D eigenvalue weighted by Crippen LogP contribution is -2.40. The Bertz CT molecular complexity index is 4920. The number of esters is 2. The summed E-state index contributed by atoms with van der Waals surface area (Å²) in [5.41, 5.74) is 11.3. The van der Waals surface area contributed by atoms with Gasteiger partial charge in [0.2, 0.25) is 36.0 Å². The largest absolute Gasteiger partial charge is 0.494 e. The molecule has 32 heteroatoms. The van der Waals surface area contributed by atoms with E-state index >= 15 is 0 Å². The molecule has 9 rings (SSSR count). The van der Waals surface area contributed by atoms with Crippen LogP contribution in [-0.2, 0) is 98.4 Å². The number of aryl methyl sites for hydroxylation is 2. The number of rotatable bonds is 38. The van der Waals surface area contributed by atoms with Crippen LogP contribution >= 0.6 is 63.7 Å². The second-order valence-electron chi connectivity index (χ2n) is 30.5. The van der Waals surface area contributed by atoms with Crippen molar-refractivity contribution in [1.82, 2.24) is 9.03 Å². The zero-order valence-corrected chi connectivity index (χ0v) is 79.0. The molecule has 0 radical (unpaired) electrons. The Labute approximate surface area is 721 Å². The topological polar surface area (TPSA) is 303 Å². The minimum Gasteiger partial charge on any atom is -0.494 e. The molecule has 3 atom stereocenters. The molecule has 0 spiro atoms. The molecule has 1 fully saturated rings. The van der Waals surface area contributed by atoms with E-state index in [0.717, 1.165) is 70.0 Å². The smallest absolute Gasteiger partial charge is 0.306 e. The number of sulfone groups is 1. The molecule has 1 heterocycles. The fraction of sp³-hybridized carbons (Fsp3) is 0.393. The van der Waals surface area contributed by atoms with Crippen molar-refractivity contribution < 1.29 is 85.9 Å². The second kappa shape index (κ2) is 47.4. The number of nitrogens with zero attached hydrogens (tertiary/aromatic N) is 1. The molecule has 1 aliphatic rings. The molecule has 632 valence electrons. The highest BCUT2D eigenvalue weighted by atomic mass is 79.9. The number of sulfonamides is 3. The van der Waals surface area contributed by atoms with Gasteiger partial charge in [0.25, 0.3) is 0 Å². The van der Waals surface area contributed by atoms with Crippen molar-refractivity contribution in [1.29, 1.82) is 0 Å². The Balaban J connectivity index is 0.000000248. The number of nitrogens with two attached hydrogens (primary N) is 1. The van der Waals surface area contributed by atoms with Crippen molar-refractivity contribution in [2.75, 3.05) is 76.8 Å². The van der Waals surface area contributed by atoms with Gasteiger partial charge in [-0.05, 0) is 178 Å². The molecule has 1 amide bonds. The number of hydrogen-bond acceptors (Lipinski definition) is 19. The van der Waals surface area contributed by atoms with Crippen molar-refractivity contribution in [2.24, 2.45) is 5.14 Å². The molecular formula is C84H107Br4N3O19S4Si2. The number of nitrogens with one attached hydrogen (secondary N) is 1. The normalized spacial score (nSPS) is 14.0. The summed E-state index contributed by atoms with van der Waals surface area (Å²) in [6.45, 7) is 20.1. The van der Waals surface area contributed by atoms with Crippen LogP contribution in [0.1, 0.15) is 93.5 Å². The first-order chi connectivity index (χ1) is 54.5. The van der Waals surface area contributed by atoms with Gasteiger partial charge >= 0.3 is 11.9 Å². The molecular weight excluding hydrogens is 1860 g/mol. The molecule has 1 aliphatic heterocycles. The second-order valence-corrected chi connectivity index (χ2v) is 52.7. The summed E-state index contributed by atoms with van der Waals surface area (Å²) in [5.74, 6) is -0.695. The van der Waals surface area contributed by atoms with Crippen LogP contribution < -0.4 is 28.8 Å². The van der Waals surface area contributed by atoms with Crippen LogP contribution in [0.15, 0.2) is 195 Å². The van der Waals surface area contributed by atoms with Crippen molar-refractivity contribution in [2.45, 2.75) is 134 Å². The van der Waals surface area contributed by atoms with Crippen LogP contribution in [0.2, 0.25) is 51.4 Å². The van der Waals surface area contributed by atoms with Gasteiger partial charge in [-0.25, -0.2) is 38.8 Å². The Hall–Kier alpha value is -6.64. The third kappa shape index (κ3) is 38.2. The van der Waals surface area contributed by atoms with Crippen LogP contribution in [0.25, 0.3) is 11.1 Å². The summed E-state index contributed by atoms with van der Waals surface area (Å²) >= 11 is 13.8. The molecule has 1 saturated heterocycles. The van der Waals surface area contributed by atoms with Crippen LogP contribution in [-0.4, -0.2) is 149 Å². The number of benzene rings is 8. The number of alkyl halides is 1. The highest BCUT2D eigenvalue weighted by Gasteiger charge is 2.32. The Morgan fingerprint density at radius 3 is 1.35 bits per heavy atom. The zero-order chi connectivity index (χ0) is 85.4. The third-order valence-corrected chi connectivity index (χ3v) is 28.5. The predicted octanol–water partition coefficient (Wildman–Crippen LogP) is 17.5. The Morgan fingerprint density at radius 1 is 0.552 bits per heavy atom. The maximum absolute atomic E-state index is 13.7. The number of halogens is 4. The van der Waals surface area contributed by atoms with Crippen molar-refractivity contribution in [3.63, 3.8) is 0 Å². The van der Waals surface area contributed by atoms with Crippen LogP contribution in [0.4, 0.5) is 0 Å². The van der Waals surface area contributed by atoms with Gasteiger partial charge in [-0.1, -0.05) is 200 Å². The van der Waals surface area contributed by atoms with Crippen LogP contribution in [0, 0.1) is 13.8 Å². The molecule has 8 aromatic carbocycles. The van der Waals surface area contributed by atoms with E-state index in [1.807, 2.05) is 102 Å². The zero-order valence-electron chi connectivity index (χ0n) is 67.4. The van der Waals surface area contributed by atoms with Gasteiger partial charge in [-0.2, -0.15) is 4.31 Å². The molecule has 3 unspecified atom stereocenters. The van der Waals surface area contributed by atoms with E-state index in [4.69, 9.17) is 38.3 Å². The molecule has 8 aromatic rings. The lowest BCUT2D eigenvalue weighted by Gasteiger charge is -2.26. The van der Waals surface area contributed by atoms with Crippen molar-refractivity contribution >= 4 is 138 Å². The van der Waals surface area contributed by atoms with Gasteiger partial charge in [0.15, 0.2) is 0 Å².